The molecule has 1 amide bonds. The highest BCUT2D eigenvalue weighted by Gasteiger charge is 2.32. The Labute approximate surface area is 176 Å². The topological polar surface area (TPSA) is 152 Å². The Morgan fingerprint density at radius 3 is 2.90 bits per heavy atom. The van der Waals surface area contributed by atoms with Crippen molar-refractivity contribution in [2.75, 3.05) is 24.3 Å². The number of carbonyl (C=O) groups is 1. The minimum atomic E-state index is -2.55. The summed E-state index contributed by atoms with van der Waals surface area (Å²) in [6.45, 7) is 5.79. The molecule has 1 heterocycles. The number of amidine groups is 1. The summed E-state index contributed by atoms with van der Waals surface area (Å²) in [5.41, 5.74) is 4.69. The standard InChI is InChI=1S/C19H25FN4O5S/c1-3-4-16(29-22)18(25)23-13-5-6-15(20)14(9-13)19(2,11-30(26)27)24-17(21)12-7-8-28-10-12/h3-6,9,12H,1,7-8,10-11,22H2,2H3,(H2,21,24)(H,23,25)(H,26,27)/p-1/b16-4-/t12-,19+/m1/s1. The average molecular weight is 439 g/mol. The summed E-state index contributed by atoms with van der Waals surface area (Å²) in [5.74, 6) is 2.94. The van der Waals surface area contributed by atoms with E-state index in [1.54, 1.807) is 0 Å². The third-order valence-corrected chi connectivity index (χ3v) is 5.34. The van der Waals surface area contributed by atoms with Crippen LogP contribution in [-0.4, -0.2) is 39.5 Å². The number of carbonyl (C=O) groups excluding carboxylic acids is 1. The first-order valence-electron chi connectivity index (χ1n) is 9.00. The number of anilines is 1. The van der Waals surface area contributed by atoms with E-state index in [9.17, 15) is 17.9 Å². The lowest BCUT2D eigenvalue weighted by molar-refractivity contribution is -0.116. The highest BCUT2D eigenvalue weighted by molar-refractivity contribution is 7.79. The van der Waals surface area contributed by atoms with Gasteiger partial charge in [-0.15, -0.1) is 0 Å². The fourth-order valence-electron chi connectivity index (χ4n) is 3.03. The van der Waals surface area contributed by atoms with Crippen molar-refractivity contribution < 1.29 is 27.5 Å². The summed E-state index contributed by atoms with van der Waals surface area (Å²) in [6, 6.07) is 3.71. The summed E-state index contributed by atoms with van der Waals surface area (Å²) in [7, 11) is 0. The number of hydrogen-bond acceptors (Lipinski definition) is 7. The van der Waals surface area contributed by atoms with Crippen LogP contribution in [0, 0.1) is 11.7 Å². The zero-order valence-electron chi connectivity index (χ0n) is 16.4. The van der Waals surface area contributed by atoms with Gasteiger partial charge in [0.2, 0.25) is 5.76 Å². The molecule has 3 atom stereocenters. The predicted molar refractivity (Wildman–Crippen MR) is 110 cm³/mol. The SMILES string of the molecule is C=C/C=C(\ON)C(=O)Nc1ccc(F)c([C@](C)(CS(=O)[O-])N=C(N)[C@@H]2CCOC2)c1. The maximum Gasteiger partial charge on any atom is 0.293 e. The van der Waals surface area contributed by atoms with Gasteiger partial charge in [-0.1, -0.05) is 23.7 Å². The van der Waals surface area contributed by atoms with Crippen LogP contribution < -0.4 is 16.9 Å². The molecule has 1 aromatic carbocycles. The Bertz CT molecular complexity index is 886. The number of amides is 1. The minimum Gasteiger partial charge on any atom is -0.772 e. The zero-order chi connectivity index (χ0) is 22.3. The summed E-state index contributed by atoms with van der Waals surface area (Å²) < 4.78 is 43.0. The molecule has 1 fully saturated rings. The number of nitrogens with zero attached hydrogens (tertiary/aromatic N) is 1. The van der Waals surface area contributed by atoms with E-state index in [-0.39, 0.29) is 28.8 Å². The second-order valence-corrected chi connectivity index (χ2v) is 7.75. The molecule has 0 aromatic heterocycles. The fraction of sp³-hybridized carbons (Fsp3) is 0.368. The molecule has 30 heavy (non-hydrogen) atoms. The van der Waals surface area contributed by atoms with Crippen LogP contribution in [0.25, 0.3) is 0 Å². The van der Waals surface area contributed by atoms with Crippen LogP contribution in [0.5, 0.6) is 0 Å². The van der Waals surface area contributed by atoms with E-state index < -0.39 is 34.1 Å². The van der Waals surface area contributed by atoms with Gasteiger partial charge in [-0.25, -0.2) is 4.39 Å². The van der Waals surface area contributed by atoms with E-state index >= 15 is 0 Å². The number of hydrogen-bond donors (Lipinski definition) is 3. The molecule has 0 bridgehead atoms. The molecular formula is C19H24FN4O5S-. The molecule has 2 rings (SSSR count). The van der Waals surface area contributed by atoms with E-state index in [1.165, 1.54) is 31.2 Å². The molecule has 164 valence electrons. The van der Waals surface area contributed by atoms with E-state index in [1.807, 2.05) is 0 Å². The van der Waals surface area contributed by atoms with Crippen LogP contribution >= 0.6 is 0 Å². The van der Waals surface area contributed by atoms with E-state index in [4.69, 9.17) is 16.4 Å². The molecule has 0 aliphatic carbocycles. The molecule has 1 saturated heterocycles. The largest absolute Gasteiger partial charge is 0.772 e. The van der Waals surface area contributed by atoms with Crippen molar-refractivity contribution in [1.29, 1.82) is 0 Å². The fourth-order valence-corrected chi connectivity index (χ4v) is 3.71. The van der Waals surface area contributed by atoms with Gasteiger partial charge >= 0.3 is 0 Å². The van der Waals surface area contributed by atoms with Gasteiger partial charge in [-0.3, -0.25) is 14.0 Å². The number of nitrogens with two attached hydrogens (primary N) is 2. The summed E-state index contributed by atoms with van der Waals surface area (Å²) in [5, 5.41) is 2.50. The molecule has 1 aromatic rings. The number of rotatable bonds is 9. The Kier molecular flexibility index (Phi) is 8.24. The molecule has 0 radical (unpaired) electrons. The first-order chi connectivity index (χ1) is 14.2. The highest BCUT2D eigenvalue weighted by Crippen LogP contribution is 2.32. The van der Waals surface area contributed by atoms with E-state index in [0.29, 0.717) is 19.6 Å². The first kappa shape index (κ1) is 23.7. The van der Waals surface area contributed by atoms with Crippen molar-refractivity contribution in [3.8, 4) is 0 Å². The Balaban J connectivity index is 2.43. The number of nitrogens with one attached hydrogen (secondary N) is 1. The molecular weight excluding hydrogens is 415 g/mol. The molecule has 9 nitrogen and oxygen atoms in total. The monoisotopic (exact) mass is 439 g/mol. The third kappa shape index (κ3) is 5.95. The van der Waals surface area contributed by atoms with Crippen LogP contribution in [0.1, 0.15) is 18.9 Å². The van der Waals surface area contributed by atoms with Gasteiger partial charge < -0.3 is 25.2 Å². The Morgan fingerprint density at radius 1 is 1.60 bits per heavy atom. The van der Waals surface area contributed by atoms with Crippen molar-refractivity contribution in [1.82, 2.24) is 0 Å². The van der Waals surface area contributed by atoms with Crippen molar-refractivity contribution in [3.05, 3.63) is 54.1 Å². The quantitative estimate of drug-likeness (QED) is 0.0994. The third-order valence-electron chi connectivity index (χ3n) is 4.55. The number of benzene rings is 1. The molecule has 5 N–H and O–H groups in total. The van der Waals surface area contributed by atoms with E-state index in [2.05, 4.69) is 21.7 Å². The minimum absolute atomic E-state index is 0.0470. The Morgan fingerprint density at radius 2 is 2.33 bits per heavy atom. The van der Waals surface area contributed by atoms with Crippen LogP contribution in [-0.2, 0) is 31.0 Å². The smallest absolute Gasteiger partial charge is 0.293 e. The maximum absolute atomic E-state index is 14.7. The normalized spacial score (nSPS) is 20.3. The number of allylic oxidation sites excluding steroid dienone is 2. The number of ether oxygens (including phenoxy) is 1. The lowest BCUT2D eigenvalue weighted by Gasteiger charge is -2.29. The predicted octanol–water partition coefficient (Wildman–Crippen LogP) is 1.21. The van der Waals surface area contributed by atoms with E-state index in [0.717, 1.165) is 6.07 Å². The first-order valence-corrected chi connectivity index (χ1v) is 10.2. The van der Waals surface area contributed by atoms with Crippen molar-refractivity contribution in [2.45, 2.75) is 18.9 Å². The lowest BCUT2D eigenvalue weighted by atomic mass is 9.93. The van der Waals surface area contributed by atoms with Gasteiger partial charge in [-0.2, -0.15) is 5.90 Å². The van der Waals surface area contributed by atoms with Crippen molar-refractivity contribution >= 4 is 28.5 Å². The molecule has 1 aliphatic rings. The van der Waals surface area contributed by atoms with Crippen molar-refractivity contribution in [3.63, 3.8) is 0 Å². The van der Waals surface area contributed by atoms with Crippen LogP contribution in [0.2, 0.25) is 0 Å². The van der Waals surface area contributed by atoms with Gasteiger partial charge in [0.05, 0.1) is 12.1 Å². The second kappa shape index (κ2) is 10.4. The average Bonchev–Trinajstić information content (AvgIpc) is 3.21. The van der Waals surface area contributed by atoms with Crippen LogP contribution in [0.3, 0.4) is 0 Å². The van der Waals surface area contributed by atoms with Crippen LogP contribution in [0.4, 0.5) is 10.1 Å². The molecule has 1 aliphatic heterocycles. The Hall–Kier alpha value is -2.60. The summed E-state index contributed by atoms with van der Waals surface area (Å²) in [4.78, 5) is 21.1. The second-order valence-electron chi connectivity index (χ2n) is 6.85. The molecule has 0 spiro atoms. The molecule has 1 unspecified atom stereocenters. The highest BCUT2D eigenvalue weighted by atomic mass is 32.2. The van der Waals surface area contributed by atoms with Crippen LogP contribution in [0.15, 0.2) is 47.7 Å². The lowest BCUT2D eigenvalue weighted by Crippen LogP contribution is -2.34. The number of aliphatic imine (C=N–C) groups is 1. The van der Waals surface area contributed by atoms with Crippen molar-refractivity contribution in [2.24, 2.45) is 22.5 Å². The summed E-state index contributed by atoms with van der Waals surface area (Å²) >= 11 is -2.55. The molecule has 11 heteroatoms. The van der Waals surface area contributed by atoms with Gasteiger partial charge in [0, 0.05) is 29.5 Å². The zero-order valence-corrected chi connectivity index (χ0v) is 17.2. The van der Waals surface area contributed by atoms with Gasteiger partial charge in [0.1, 0.15) is 11.7 Å². The van der Waals surface area contributed by atoms with Gasteiger partial charge in [-0.05, 0) is 37.6 Å². The van der Waals surface area contributed by atoms with Gasteiger partial charge in [0.15, 0.2) is 0 Å². The molecule has 0 saturated carbocycles. The maximum atomic E-state index is 14.7. The number of halogens is 1. The summed E-state index contributed by atoms with van der Waals surface area (Å²) in [6.07, 6.45) is 3.20. The van der Waals surface area contributed by atoms with Gasteiger partial charge in [0.25, 0.3) is 5.91 Å².